The van der Waals surface area contributed by atoms with Crippen molar-refractivity contribution in [2.45, 2.75) is 19.9 Å². The van der Waals surface area contributed by atoms with Gasteiger partial charge >= 0.3 is 5.97 Å². The van der Waals surface area contributed by atoms with Gasteiger partial charge in [-0.2, -0.15) is 0 Å². The summed E-state index contributed by atoms with van der Waals surface area (Å²) in [5.41, 5.74) is 0.996. The molecular weight excluding hydrogens is 348 g/mol. The first-order valence-corrected chi connectivity index (χ1v) is 8.55. The second-order valence-electron chi connectivity index (χ2n) is 5.67. The highest BCUT2D eigenvalue weighted by Crippen LogP contribution is 2.15. The summed E-state index contributed by atoms with van der Waals surface area (Å²) in [6.45, 7) is 3.49. The topological polar surface area (TPSA) is 93.7 Å². The Hall–Kier alpha value is -3.35. The Morgan fingerprint density at radius 1 is 1.00 bits per heavy atom. The average molecular weight is 370 g/mol. The lowest BCUT2D eigenvalue weighted by Crippen LogP contribution is -2.40. The SMILES string of the molecule is CCOc1ccc(NC(=O)COC(=O)[C@H](C)NC(=O)c2ccccc2)cc1. The van der Waals surface area contributed by atoms with Gasteiger partial charge in [0.25, 0.3) is 11.8 Å². The van der Waals surface area contributed by atoms with E-state index in [1.54, 1.807) is 54.6 Å². The van der Waals surface area contributed by atoms with Crippen LogP contribution in [-0.2, 0) is 14.3 Å². The Morgan fingerprint density at radius 2 is 1.67 bits per heavy atom. The number of esters is 1. The van der Waals surface area contributed by atoms with Gasteiger partial charge in [-0.3, -0.25) is 9.59 Å². The second kappa shape index (κ2) is 9.96. The van der Waals surface area contributed by atoms with Crippen LogP contribution in [-0.4, -0.2) is 37.0 Å². The molecule has 0 fully saturated rings. The standard InChI is InChI=1S/C20H22N2O5/c1-3-26-17-11-9-16(10-12-17)22-18(23)13-27-20(25)14(2)21-19(24)15-7-5-4-6-8-15/h4-12,14H,3,13H2,1-2H3,(H,21,24)(H,22,23)/t14-/m0/s1. The fourth-order valence-electron chi connectivity index (χ4n) is 2.19. The number of anilines is 1. The number of ether oxygens (including phenoxy) is 2. The van der Waals surface area contributed by atoms with E-state index in [1.807, 2.05) is 6.92 Å². The summed E-state index contributed by atoms with van der Waals surface area (Å²) in [6.07, 6.45) is 0. The van der Waals surface area contributed by atoms with Crippen LogP contribution in [0.4, 0.5) is 5.69 Å². The molecule has 0 aliphatic heterocycles. The summed E-state index contributed by atoms with van der Waals surface area (Å²) >= 11 is 0. The molecule has 27 heavy (non-hydrogen) atoms. The maximum Gasteiger partial charge on any atom is 0.328 e. The fraction of sp³-hybridized carbons (Fsp3) is 0.250. The first kappa shape index (κ1) is 20.0. The predicted molar refractivity (Wildman–Crippen MR) is 101 cm³/mol. The molecule has 1 atom stereocenters. The normalized spacial score (nSPS) is 11.2. The summed E-state index contributed by atoms with van der Waals surface area (Å²) in [5, 5.41) is 5.14. The summed E-state index contributed by atoms with van der Waals surface area (Å²) in [4.78, 5) is 35.8. The van der Waals surface area contributed by atoms with Crippen LogP contribution in [0, 0.1) is 0 Å². The number of carbonyl (C=O) groups is 3. The lowest BCUT2D eigenvalue weighted by Gasteiger charge is -2.13. The molecule has 2 aromatic carbocycles. The smallest absolute Gasteiger partial charge is 0.328 e. The van der Waals surface area contributed by atoms with Gasteiger partial charge in [0, 0.05) is 11.3 Å². The second-order valence-corrected chi connectivity index (χ2v) is 5.67. The third-order valence-electron chi connectivity index (χ3n) is 3.53. The average Bonchev–Trinajstić information content (AvgIpc) is 2.68. The molecule has 0 aliphatic rings. The van der Waals surface area contributed by atoms with Gasteiger partial charge < -0.3 is 20.1 Å². The van der Waals surface area contributed by atoms with Crippen molar-refractivity contribution in [2.24, 2.45) is 0 Å². The van der Waals surface area contributed by atoms with E-state index in [0.717, 1.165) is 0 Å². The summed E-state index contributed by atoms with van der Waals surface area (Å²) in [5.74, 6) is -0.862. The molecule has 0 saturated heterocycles. The van der Waals surface area contributed by atoms with E-state index in [-0.39, 0.29) is 5.91 Å². The molecule has 0 radical (unpaired) electrons. The summed E-state index contributed by atoms with van der Waals surface area (Å²) in [6, 6.07) is 14.5. The van der Waals surface area contributed by atoms with Gasteiger partial charge in [0.05, 0.1) is 6.61 Å². The Kier molecular flexibility index (Phi) is 7.37. The predicted octanol–water partition coefficient (Wildman–Crippen LogP) is 2.39. The van der Waals surface area contributed by atoms with E-state index >= 15 is 0 Å². The van der Waals surface area contributed by atoms with Crippen LogP contribution in [0.2, 0.25) is 0 Å². The van der Waals surface area contributed by atoms with Gasteiger partial charge in [-0.1, -0.05) is 18.2 Å². The molecule has 0 aromatic heterocycles. The van der Waals surface area contributed by atoms with Crippen molar-refractivity contribution in [3.8, 4) is 5.75 Å². The van der Waals surface area contributed by atoms with Crippen molar-refractivity contribution in [1.29, 1.82) is 0 Å². The molecule has 0 unspecified atom stereocenters. The van der Waals surface area contributed by atoms with E-state index in [4.69, 9.17) is 9.47 Å². The van der Waals surface area contributed by atoms with Crippen LogP contribution in [0.15, 0.2) is 54.6 Å². The highest BCUT2D eigenvalue weighted by molar-refractivity contribution is 5.97. The molecule has 0 heterocycles. The molecular formula is C20H22N2O5. The van der Waals surface area contributed by atoms with Crippen molar-refractivity contribution in [3.63, 3.8) is 0 Å². The van der Waals surface area contributed by atoms with Crippen molar-refractivity contribution in [3.05, 3.63) is 60.2 Å². The largest absolute Gasteiger partial charge is 0.494 e. The van der Waals surface area contributed by atoms with Gasteiger partial charge in [0.1, 0.15) is 11.8 Å². The van der Waals surface area contributed by atoms with Gasteiger partial charge in [-0.15, -0.1) is 0 Å². The van der Waals surface area contributed by atoms with Crippen molar-refractivity contribution in [2.75, 3.05) is 18.5 Å². The first-order valence-electron chi connectivity index (χ1n) is 8.55. The van der Waals surface area contributed by atoms with E-state index in [9.17, 15) is 14.4 Å². The Bertz CT molecular complexity index is 775. The molecule has 0 bridgehead atoms. The van der Waals surface area contributed by atoms with Crippen LogP contribution in [0.3, 0.4) is 0 Å². The number of rotatable bonds is 8. The van der Waals surface area contributed by atoms with E-state index in [1.165, 1.54) is 6.92 Å². The first-order chi connectivity index (χ1) is 13.0. The Balaban J connectivity index is 1.76. The third kappa shape index (κ3) is 6.47. The molecule has 2 rings (SSSR count). The Labute approximate surface area is 157 Å². The minimum absolute atomic E-state index is 0.390. The minimum Gasteiger partial charge on any atom is -0.494 e. The number of hydrogen-bond acceptors (Lipinski definition) is 5. The molecule has 0 aliphatic carbocycles. The van der Waals surface area contributed by atoms with Crippen molar-refractivity contribution < 1.29 is 23.9 Å². The number of carbonyl (C=O) groups excluding carboxylic acids is 3. The molecule has 0 spiro atoms. The number of amides is 2. The van der Waals surface area contributed by atoms with E-state index in [2.05, 4.69) is 10.6 Å². The lowest BCUT2D eigenvalue weighted by molar-refractivity contribution is -0.148. The van der Waals surface area contributed by atoms with Crippen LogP contribution in [0.1, 0.15) is 24.2 Å². The maximum atomic E-state index is 12.0. The number of hydrogen-bond donors (Lipinski definition) is 2. The van der Waals surface area contributed by atoms with E-state index in [0.29, 0.717) is 23.6 Å². The van der Waals surface area contributed by atoms with E-state index < -0.39 is 24.5 Å². The zero-order valence-electron chi connectivity index (χ0n) is 15.2. The van der Waals surface area contributed by atoms with Crippen LogP contribution in [0.25, 0.3) is 0 Å². The lowest BCUT2D eigenvalue weighted by atomic mass is 10.2. The van der Waals surface area contributed by atoms with Gasteiger partial charge in [0.2, 0.25) is 0 Å². The number of nitrogens with one attached hydrogen (secondary N) is 2. The molecule has 2 amide bonds. The quantitative estimate of drug-likeness (QED) is 0.696. The fourth-order valence-corrected chi connectivity index (χ4v) is 2.19. The zero-order chi connectivity index (χ0) is 19.6. The highest BCUT2D eigenvalue weighted by Gasteiger charge is 2.19. The molecule has 142 valence electrons. The third-order valence-corrected chi connectivity index (χ3v) is 3.53. The highest BCUT2D eigenvalue weighted by atomic mass is 16.5. The van der Waals surface area contributed by atoms with Crippen LogP contribution < -0.4 is 15.4 Å². The van der Waals surface area contributed by atoms with Crippen molar-refractivity contribution >= 4 is 23.5 Å². The maximum absolute atomic E-state index is 12.0. The van der Waals surface area contributed by atoms with Crippen molar-refractivity contribution in [1.82, 2.24) is 5.32 Å². The molecule has 2 aromatic rings. The van der Waals surface area contributed by atoms with Crippen LogP contribution in [0.5, 0.6) is 5.75 Å². The molecule has 0 saturated carbocycles. The summed E-state index contributed by atoms with van der Waals surface area (Å²) in [7, 11) is 0. The molecule has 7 heteroatoms. The van der Waals surface area contributed by atoms with Gasteiger partial charge in [-0.25, -0.2) is 4.79 Å². The van der Waals surface area contributed by atoms with Gasteiger partial charge in [0.15, 0.2) is 6.61 Å². The zero-order valence-corrected chi connectivity index (χ0v) is 15.2. The molecule has 7 nitrogen and oxygen atoms in total. The molecule has 2 N–H and O–H groups in total. The van der Waals surface area contributed by atoms with Crippen LogP contribution >= 0.6 is 0 Å². The summed E-state index contributed by atoms with van der Waals surface area (Å²) < 4.78 is 10.3. The number of benzene rings is 2. The Morgan fingerprint density at radius 3 is 2.30 bits per heavy atom. The monoisotopic (exact) mass is 370 g/mol. The van der Waals surface area contributed by atoms with Gasteiger partial charge in [-0.05, 0) is 50.2 Å². The minimum atomic E-state index is -0.879.